The molecule has 0 aromatic heterocycles. The maximum absolute atomic E-state index is 12.9. The molecule has 0 saturated carbocycles. The molecule has 1 N–H and O–H groups in total. The van der Waals surface area contributed by atoms with Crippen molar-refractivity contribution in [2.45, 2.75) is 46.1 Å². The number of urea groups is 1. The molecule has 1 saturated heterocycles. The number of nitrogens with zero attached hydrogens (tertiary/aromatic N) is 2. The quantitative estimate of drug-likeness (QED) is 0.914. The number of likely N-dealkylation sites (tertiary alicyclic amines) is 1. The Bertz CT molecular complexity index is 521. The van der Waals surface area contributed by atoms with E-state index in [0.29, 0.717) is 12.0 Å². The summed E-state index contributed by atoms with van der Waals surface area (Å²) in [6.45, 7) is 8.22. The van der Waals surface area contributed by atoms with Crippen LogP contribution in [0.3, 0.4) is 0 Å². The van der Waals surface area contributed by atoms with Crippen molar-refractivity contribution in [3.8, 4) is 0 Å². The minimum absolute atomic E-state index is 0.0534. The lowest BCUT2D eigenvalue weighted by molar-refractivity contribution is 0.120. The fourth-order valence-electron chi connectivity index (χ4n) is 3.69. The molecule has 0 spiro atoms. The Labute approximate surface area is 140 Å². The number of para-hydroxylation sites is 1. The number of carbonyl (C=O) groups excluding carboxylic acids is 1. The molecular formula is C19H31N3O. The first kappa shape index (κ1) is 17.8. The van der Waals surface area contributed by atoms with Crippen LogP contribution in [0.1, 0.15) is 37.3 Å². The number of hydrogen-bond donors (Lipinski definition) is 1. The van der Waals surface area contributed by atoms with Crippen molar-refractivity contribution in [2.24, 2.45) is 5.92 Å². The van der Waals surface area contributed by atoms with E-state index in [0.717, 1.165) is 42.7 Å². The molecule has 1 aromatic carbocycles. The van der Waals surface area contributed by atoms with Gasteiger partial charge in [0, 0.05) is 24.8 Å². The maximum atomic E-state index is 12.9. The first-order chi connectivity index (χ1) is 10.9. The van der Waals surface area contributed by atoms with Crippen LogP contribution < -0.4 is 5.32 Å². The van der Waals surface area contributed by atoms with Gasteiger partial charge in [0.25, 0.3) is 0 Å². The molecule has 2 rings (SSSR count). The zero-order valence-corrected chi connectivity index (χ0v) is 15.2. The smallest absolute Gasteiger partial charge is 0.321 e. The average molecular weight is 317 g/mol. The van der Waals surface area contributed by atoms with Crippen LogP contribution in [0.4, 0.5) is 10.5 Å². The Morgan fingerprint density at radius 2 is 1.96 bits per heavy atom. The molecule has 0 bridgehead atoms. The van der Waals surface area contributed by atoms with Crippen LogP contribution in [-0.2, 0) is 0 Å². The van der Waals surface area contributed by atoms with Crippen molar-refractivity contribution in [2.75, 3.05) is 32.5 Å². The number of benzene rings is 1. The van der Waals surface area contributed by atoms with Gasteiger partial charge in [-0.05, 0) is 64.3 Å². The topological polar surface area (TPSA) is 35.6 Å². The molecule has 1 aromatic rings. The third-order valence-corrected chi connectivity index (χ3v) is 4.83. The van der Waals surface area contributed by atoms with Gasteiger partial charge in [-0.15, -0.1) is 0 Å². The van der Waals surface area contributed by atoms with Crippen molar-refractivity contribution >= 4 is 11.7 Å². The van der Waals surface area contributed by atoms with Gasteiger partial charge < -0.3 is 15.1 Å². The number of anilines is 1. The Morgan fingerprint density at radius 3 is 2.57 bits per heavy atom. The highest BCUT2D eigenvalue weighted by Crippen LogP contribution is 2.26. The normalized spacial score (nSPS) is 19.7. The van der Waals surface area contributed by atoms with Crippen LogP contribution in [-0.4, -0.2) is 49.1 Å². The van der Waals surface area contributed by atoms with Crippen LogP contribution in [0.15, 0.2) is 18.2 Å². The molecule has 1 fully saturated rings. The molecule has 2 amide bonds. The zero-order chi connectivity index (χ0) is 17.0. The average Bonchev–Trinajstić information content (AvgIpc) is 2.50. The summed E-state index contributed by atoms with van der Waals surface area (Å²) in [7, 11) is 4.20. The Hall–Kier alpha value is -1.55. The van der Waals surface area contributed by atoms with E-state index in [9.17, 15) is 4.79 Å². The van der Waals surface area contributed by atoms with Gasteiger partial charge in [-0.25, -0.2) is 4.79 Å². The van der Waals surface area contributed by atoms with Gasteiger partial charge in [-0.1, -0.05) is 25.1 Å². The SMILES string of the molecule is Cc1cccc(C)c1NC(=O)N1CCCC[C@H]1[C@H](C)CN(C)C. The number of amides is 2. The van der Waals surface area contributed by atoms with E-state index in [2.05, 4.69) is 36.1 Å². The summed E-state index contributed by atoms with van der Waals surface area (Å²) in [5.41, 5.74) is 3.20. The molecule has 1 aliphatic rings. The summed E-state index contributed by atoms with van der Waals surface area (Å²) >= 11 is 0. The van der Waals surface area contributed by atoms with Crippen LogP contribution in [0, 0.1) is 19.8 Å². The van der Waals surface area contributed by atoms with Crippen LogP contribution in [0.5, 0.6) is 0 Å². The molecule has 2 atom stereocenters. The molecule has 1 heterocycles. The second-order valence-corrected chi connectivity index (χ2v) is 7.19. The van der Waals surface area contributed by atoms with E-state index in [1.165, 1.54) is 6.42 Å². The third-order valence-electron chi connectivity index (χ3n) is 4.83. The Kier molecular flexibility index (Phi) is 6.05. The summed E-state index contributed by atoms with van der Waals surface area (Å²) < 4.78 is 0. The second-order valence-electron chi connectivity index (χ2n) is 7.19. The van der Waals surface area contributed by atoms with Crippen molar-refractivity contribution in [1.82, 2.24) is 9.80 Å². The summed E-state index contributed by atoms with van der Waals surface area (Å²) in [5.74, 6) is 0.481. The predicted molar refractivity (Wildman–Crippen MR) is 97.0 cm³/mol. The van der Waals surface area contributed by atoms with Crippen LogP contribution in [0.25, 0.3) is 0 Å². The van der Waals surface area contributed by atoms with Gasteiger partial charge in [-0.2, -0.15) is 0 Å². The Balaban J connectivity index is 2.12. The zero-order valence-electron chi connectivity index (χ0n) is 15.2. The fraction of sp³-hybridized carbons (Fsp3) is 0.632. The highest BCUT2D eigenvalue weighted by molar-refractivity contribution is 5.91. The number of nitrogens with one attached hydrogen (secondary N) is 1. The number of piperidine rings is 1. The van der Waals surface area contributed by atoms with Gasteiger partial charge in [0.15, 0.2) is 0 Å². The van der Waals surface area contributed by atoms with Gasteiger partial charge in [0.05, 0.1) is 0 Å². The number of hydrogen-bond acceptors (Lipinski definition) is 2. The van der Waals surface area contributed by atoms with Gasteiger partial charge in [0.2, 0.25) is 0 Å². The van der Waals surface area contributed by atoms with E-state index >= 15 is 0 Å². The number of carbonyl (C=O) groups is 1. The maximum Gasteiger partial charge on any atom is 0.322 e. The van der Waals surface area contributed by atoms with E-state index in [4.69, 9.17) is 0 Å². The first-order valence-corrected chi connectivity index (χ1v) is 8.68. The van der Waals surface area contributed by atoms with Crippen molar-refractivity contribution in [3.05, 3.63) is 29.3 Å². The molecule has 0 radical (unpaired) electrons. The molecule has 4 nitrogen and oxygen atoms in total. The molecular weight excluding hydrogens is 286 g/mol. The monoisotopic (exact) mass is 317 g/mol. The van der Waals surface area contributed by atoms with E-state index in [1.807, 2.05) is 32.0 Å². The minimum Gasteiger partial charge on any atom is -0.321 e. The predicted octanol–water partition coefficient (Wildman–Crippen LogP) is 3.89. The highest BCUT2D eigenvalue weighted by Gasteiger charge is 2.31. The van der Waals surface area contributed by atoms with Crippen molar-refractivity contribution in [1.29, 1.82) is 0 Å². The highest BCUT2D eigenvalue weighted by atomic mass is 16.2. The van der Waals surface area contributed by atoms with E-state index < -0.39 is 0 Å². The summed E-state index contributed by atoms with van der Waals surface area (Å²) in [5, 5.41) is 3.16. The minimum atomic E-state index is 0.0534. The number of aryl methyl sites for hydroxylation is 2. The van der Waals surface area contributed by atoms with E-state index in [1.54, 1.807) is 0 Å². The van der Waals surface area contributed by atoms with Crippen LogP contribution in [0.2, 0.25) is 0 Å². The van der Waals surface area contributed by atoms with Gasteiger partial charge in [0.1, 0.15) is 0 Å². The lowest BCUT2D eigenvalue weighted by Crippen LogP contribution is -2.50. The lowest BCUT2D eigenvalue weighted by Gasteiger charge is -2.40. The molecule has 128 valence electrons. The standard InChI is InChI=1S/C19H31N3O/c1-14-9-8-10-15(2)18(14)20-19(23)22-12-7-6-11-17(22)16(3)13-21(4)5/h8-10,16-17H,6-7,11-13H2,1-5H3,(H,20,23)/t16-,17+/m1/s1. The third kappa shape index (κ3) is 4.47. The molecule has 4 heteroatoms. The van der Waals surface area contributed by atoms with Gasteiger partial charge in [-0.3, -0.25) is 0 Å². The fourth-order valence-corrected chi connectivity index (χ4v) is 3.69. The van der Waals surface area contributed by atoms with Crippen molar-refractivity contribution in [3.63, 3.8) is 0 Å². The molecule has 0 aliphatic carbocycles. The molecule has 23 heavy (non-hydrogen) atoms. The number of rotatable bonds is 4. The Morgan fingerprint density at radius 1 is 1.30 bits per heavy atom. The summed E-state index contributed by atoms with van der Waals surface area (Å²) in [6, 6.07) is 6.51. The second kappa shape index (κ2) is 7.82. The molecule has 0 unspecified atom stereocenters. The lowest BCUT2D eigenvalue weighted by atomic mass is 9.91. The van der Waals surface area contributed by atoms with Gasteiger partial charge >= 0.3 is 6.03 Å². The first-order valence-electron chi connectivity index (χ1n) is 8.68. The summed E-state index contributed by atoms with van der Waals surface area (Å²) in [6.07, 6.45) is 3.43. The molecule has 1 aliphatic heterocycles. The summed E-state index contributed by atoms with van der Waals surface area (Å²) in [4.78, 5) is 17.1. The van der Waals surface area contributed by atoms with E-state index in [-0.39, 0.29) is 6.03 Å². The largest absolute Gasteiger partial charge is 0.322 e. The van der Waals surface area contributed by atoms with Crippen LogP contribution >= 0.6 is 0 Å². The van der Waals surface area contributed by atoms with Crippen molar-refractivity contribution < 1.29 is 4.79 Å².